The van der Waals surface area contributed by atoms with Gasteiger partial charge in [-0.3, -0.25) is 4.79 Å². The quantitative estimate of drug-likeness (QED) is 0.0612. The summed E-state index contributed by atoms with van der Waals surface area (Å²) in [6.07, 6.45) is -44.8. The molecule has 1 aromatic carbocycles. The zero-order chi connectivity index (χ0) is 48.9. The van der Waals surface area contributed by atoms with E-state index in [2.05, 4.69) is 5.32 Å². The van der Waals surface area contributed by atoms with E-state index >= 15 is 0 Å². The molecule has 5 fully saturated rings. The number of hydrogen-bond donors (Lipinski definition) is 17. The fraction of sp³-hybridized carbons (Fsp3) is 0.821. The largest absolute Gasteiger partial charge is 0.394 e. The van der Waals surface area contributed by atoms with Gasteiger partial charge in [0, 0.05) is 0 Å². The van der Waals surface area contributed by atoms with Crippen LogP contribution in [-0.2, 0) is 58.8 Å². The van der Waals surface area contributed by atoms with Gasteiger partial charge >= 0.3 is 0 Å². The van der Waals surface area contributed by atoms with E-state index in [0.717, 1.165) is 0 Å². The molecule has 6 rings (SSSR count). The lowest BCUT2D eigenvalue weighted by Crippen LogP contribution is -2.68. The maximum absolute atomic E-state index is 12.6. The van der Waals surface area contributed by atoms with E-state index in [1.807, 2.05) is 0 Å². The summed E-state index contributed by atoms with van der Waals surface area (Å²) in [5.74, 6) is -1.02. The highest BCUT2D eigenvalue weighted by Crippen LogP contribution is 2.36. The Morgan fingerprint density at radius 3 is 1.57 bits per heavy atom. The van der Waals surface area contributed by atoms with Gasteiger partial charge in [-0.1, -0.05) is 30.3 Å². The summed E-state index contributed by atoms with van der Waals surface area (Å²) in [7, 11) is 0. The molecular weight excluding hydrogens is 914 g/mol. The van der Waals surface area contributed by atoms with Crippen molar-refractivity contribution in [2.24, 2.45) is 0 Å². The van der Waals surface area contributed by atoms with Crippen molar-refractivity contribution in [3.05, 3.63) is 35.9 Å². The predicted molar refractivity (Wildman–Crippen MR) is 209 cm³/mol. The first-order chi connectivity index (χ1) is 32.0. The van der Waals surface area contributed by atoms with E-state index in [1.54, 1.807) is 30.3 Å². The zero-order valence-electron chi connectivity index (χ0n) is 35.4. The molecule has 0 aliphatic carbocycles. The van der Waals surface area contributed by atoms with Crippen molar-refractivity contribution in [3.63, 3.8) is 0 Å². The molecule has 0 spiro atoms. The highest BCUT2D eigenvalue weighted by molar-refractivity contribution is 5.77. The van der Waals surface area contributed by atoms with Crippen molar-refractivity contribution in [1.82, 2.24) is 5.32 Å². The Hall–Kier alpha value is -2.35. The van der Waals surface area contributed by atoms with Crippen LogP contribution in [0.4, 0.5) is 0 Å². The molecule has 28 nitrogen and oxygen atoms in total. The molecule has 17 N–H and O–H groups in total. The molecule has 0 saturated carbocycles. The lowest BCUT2D eigenvalue weighted by atomic mass is 9.95. The zero-order valence-corrected chi connectivity index (χ0v) is 35.4. The topological polar surface area (TPSA) is 445 Å². The molecule has 1 amide bonds. The van der Waals surface area contributed by atoms with E-state index < -0.39 is 199 Å². The van der Waals surface area contributed by atoms with Gasteiger partial charge in [-0.15, -0.1) is 0 Å². The molecule has 67 heavy (non-hydrogen) atoms. The van der Waals surface area contributed by atoms with Gasteiger partial charge in [0.05, 0.1) is 39.6 Å². The fourth-order valence-electron chi connectivity index (χ4n) is 8.20. The number of carbonyl (C=O) groups excluding carboxylic acids is 1. The third kappa shape index (κ3) is 12.1. The molecule has 0 aromatic heterocycles. The number of hydrogen-bond acceptors (Lipinski definition) is 27. The highest BCUT2D eigenvalue weighted by atomic mass is 16.8. The molecule has 5 aliphatic rings. The van der Waals surface area contributed by atoms with Gasteiger partial charge in [-0.25, -0.2) is 0 Å². The van der Waals surface area contributed by atoms with Crippen molar-refractivity contribution >= 4 is 5.91 Å². The number of amides is 1. The van der Waals surface area contributed by atoms with Crippen LogP contribution in [0.3, 0.4) is 0 Å². The normalized spacial score (nSPS) is 45.4. The maximum atomic E-state index is 12.6. The first-order valence-electron chi connectivity index (χ1n) is 21.3. The number of aliphatic hydroxyl groups is 16. The van der Waals surface area contributed by atoms with Crippen LogP contribution in [0.15, 0.2) is 30.3 Å². The molecule has 1 aromatic rings. The van der Waals surface area contributed by atoms with E-state index in [0.29, 0.717) is 5.56 Å². The number of ether oxygens (including phenoxy) is 10. The third-order valence-electron chi connectivity index (χ3n) is 12.0. The first kappa shape index (κ1) is 54.0. The van der Waals surface area contributed by atoms with Crippen molar-refractivity contribution < 1.29 is 134 Å². The first-order valence-corrected chi connectivity index (χ1v) is 21.3. The lowest BCUT2D eigenvalue weighted by molar-refractivity contribution is -0.395. The SMILES string of the molecule is O=C(CO)N[C@H]1[C@H](OCc2ccccc2)O[C@@H](CO[C@@H]2O[C@H](CO)[C@H](O)[C@H](O[C@H]3O[C@@H](CO)[C@@H](O)[C@@H](O)[C@@H]3O)[C@H]2O[C@@H]2O[C@H](CO)[C@H](O)[C@H](O)[C@H]2O)[C@H](O[C@@H]2O[C@@H]([C@H](O)CO)[C@H](O)[C@H]2O)[C@H]1O. The molecule has 5 aliphatic heterocycles. The van der Waals surface area contributed by atoms with E-state index in [9.17, 15) is 86.5 Å². The molecule has 384 valence electrons. The van der Waals surface area contributed by atoms with Gasteiger partial charge in [0.25, 0.3) is 0 Å². The summed E-state index contributed by atoms with van der Waals surface area (Å²) >= 11 is 0. The number of carbonyl (C=O) groups is 1. The lowest BCUT2D eigenvalue weighted by Gasteiger charge is -2.49. The van der Waals surface area contributed by atoms with Crippen LogP contribution in [-0.4, -0.2) is 281 Å². The van der Waals surface area contributed by atoms with Crippen LogP contribution < -0.4 is 5.32 Å². The van der Waals surface area contributed by atoms with Gasteiger partial charge in [-0.05, 0) is 5.56 Å². The fourth-order valence-corrected chi connectivity index (χ4v) is 8.20. The van der Waals surface area contributed by atoms with Crippen LogP contribution in [0.1, 0.15) is 5.56 Å². The third-order valence-corrected chi connectivity index (χ3v) is 12.0. The van der Waals surface area contributed by atoms with Gasteiger partial charge in [0.1, 0.15) is 129 Å². The van der Waals surface area contributed by atoms with Gasteiger partial charge in [0.15, 0.2) is 31.5 Å². The monoisotopic (exact) mass is 975 g/mol. The van der Waals surface area contributed by atoms with Crippen LogP contribution in [0.2, 0.25) is 0 Å². The Labute approximate surface area is 380 Å². The molecule has 0 radical (unpaired) electrons. The summed E-state index contributed by atoms with van der Waals surface area (Å²) in [5.41, 5.74) is 0.590. The number of nitrogens with one attached hydrogen (secondary N) is 1. The van der Waals surface area contributed by atoms with E-state index in [1.165, 1.54) is 0 Å². The summed E-state index contributed by atoms with van der Waals surface area (Å²) in [6.45, 7) is -5.86. The second kappa shape index (κ2) is 24.2. The smallest absolute Gasteiger partial charge is 0.246 e. The van der Waals surface area contributed by atoms with Crippen molar-refractivity contribution in [2.45, 2.75) is 160 Å². The minimum absolute atomic E-state index is 0.200. The van der Waals surface area contributed by atoms with Crippen molar-refractivity contribution in [3.8, 4) is 0 Å². The number of aliphatic hydroxyl groups excluding tert-OH is 16. The Kier molecular flexibility index (Phi) is 19.5. The predicted octanol–water partition coefficient (Wildman–Crippen LogP) is -10.6. The minimum atomic E-state index is -2.11. The molecule has 5 saturated heterocycles. The summed E-state index contributed by atoms with van der Waals surface area (Å²) < 4.78 is 58.6. The van der Waals surface area contributed by atoms with Crippen LogP contribution >= 0.6 is 0 Å². The molecule has 25 atom stereocenters. The van der Waals surface area contributed by atoms with Crippen LogP contribution in [0, 0.1) is 0 Å². The summed E-state index contributed by atoms with van der Waals surface area (Å²) in [6, 6.07) is 6.90. The Morgan fingerprint density at radius 2 is 1.01 bits per heavy atom. The molecule has 0 bridgehead atoms. The Morgan fingerprint density at radius 1 is 0.522 bits per heavy atom. The van der Waals surface area contributed by atoms with Crippen molar-refractivity contribution in [2.75, 3.05) is 39.6 Å². The average Bonchev–Trinajstić information content (AvgIpc) is 3.61. The minimum Gasteiger partial charge on any atom is -0.394 e. The van der Waals surface area contributed by atoms with E-state index in [-0.39, 0.29) is 6.61 Å². The molecule has 0 unspecified atom stereocenters. The standard InChI is InChI=1S/C39H61NO27/c41-6-14(46)31-27(54)30(57)38(64-31)65-32-18(63-35(20(24(32)51)40-19(47)10-45)58-11-13-4-2-1-3-5-13)12-59-39-34(67-37-29(56)26(53)22(49)16(8-43)61-37)33(23(50)17(9-44)62-39)66-36-28(55)25(52)21(48)15(7-42)60-36/h1-5,14-18,20-39,41-46,48-57H,6-12H2,(H,40,47)/t14-,15+,16-,17-,18+,20-,21-,22+,23+,24+,25-,26+,27-,28+,29-,30-,31+,32+,33+,34-,35-,36-,37+,38+,39-/m1/s1. The highest BCUT2D eigenvalue weighted by Gasteiger charge is 2.57. The van der Waals surface area contributed by atoms with Gasteiger partial charge < -0.3 is 134 Å². The maximum Gasteiger partial charge on any atom is 0.246 e. The number of benzene rings is 1. The second-order valence-corrected chi connectivity index (χ2v) is 16.5. The second-order valence-electron chi connectivity index (χ2n) is 16.5. The van der Waals surface area contributed by atoms with Crippen LogP contribution in [0.5, 0.6) is 0 Å². The number of rotatable bonds is 19. The van der Waals surface area contributed by atoms with Gasteiger partial charge in [0.2, 0.25) is 5.91 Å². The molecule has 28 heteroatoms. The van der Waals surface area contributed by atoms with Crippen molar-refractivity contribution in [1.29, 1.82) is 0 Å². The summed E-state index contributed by atoms with van der Waals surface area (Å²) in [4.78, 5) is 12.6. The molecule has 5 heterocycles. The van der Waals surface area contributed by atoms with Gasteiger partial charge in [-0.2, -0.15) is 0 Å². The molecular formula is C39H61NO27. The average molecular weight is 976 g/mol. The summed E-state index contributed by atoms with van der Waals surface area (Å²) in [5, 5.41) is 171. The van der Waals surface area contributed by atoms with Crippen LogP contribution in [0.25, 0.3) is 0 Å². The Bertz CT molecular complexity index is 1660. The van der Waals surface area contributed by atoms with E-state index in [4.69, 9.17) is 47.4 Å². The Balaban J connectivity index is 1.35.